The Morgan fingerprint density at radius 1 is 1.44 bits per heavy atom. The predicted molar refractivity (Wildman–Crippen MR) is 61.4 cm³/mol. The summed E-state index contributed by atoms with van der Waals surface area (Å²) in [6.45, 7) is 0.796. The predicted octanol–water partition coefficient (Wildman–Crippen LogP) is 2.78. The Bertz CT molecular complexity index is 505. The fourth-order valence-electron chi connectivity index (χ4n) is 2.08. The van der Waals surface area contributed by atoms with Crippen LogP contribution in [0.25, 0.3) is 11.0 Å². The number of aromatic nitrogens is 3. The van der Waals surface area contributed by atoms with E-state index in [0.717, 1.165) is 30.5 Å². The zero-order valence-corrected chi connectivity index (χ0v) is 9.52. The van der Waals surface area contributed by atoms with Gasteiger partial charge in [-0.05, 0) is 25.3 Å². The molecule has 0 bridgehead atoms. The van der Waals surface area contributed by atoms with Gasteiger partial charge in [-0.3, -0.25) is 4.98 Å². The first-order valence-corrected chi connectivity index (χ1v) is 5.83. The molecule has 4 nitrogen and oxygen atoms in total. The zero-order valence-electron chi connectivity index (χ0n) is 8.77. The van der Waals surface area contributed by atoms with Crippen molar-refractivity contribution in [2.75, 3.05) is 6.61 Å². The molecule has 0 spiro atoms. The van der Waals surface area contributed by atoms with Gasteiger partial charge in [0.05, 0.1) is 11.2 Å². The van der Waals surface area contributed by atoms with E-state index >= 15 is 0 Å². The highest BCUT2D eigenvalue weighted by Gasteiger charge is 2.19. The van der Waals surface area contributed by atoms with E-state index < -0.39 is 0 Å². The summed E-state index contributed by atoms with van der Waals surface area (Å²) < 4.78 is 7.55. The van der Waals surface area contributed by atoms with Crippen molar-refractivity contribution in [1.29, 1.82) is 0 Å². The van der Waals surface area contributed by atoms with Gasteiger partial charge < -0.3 is 4.74 Å². The van der Waals surface area contributed by atoms with E-state index in [2.05, 4.69) is 10.1 Å². The largest absolute Gasteiger partial charge is 0.356 e. The zero-order chi connectivity index (χ0) is 11.0. The van der Waals surface area contributed by atoms with Crippen molar-refractivity contribution in [1.82, 2.24) is 14.8 Å². The number of ether oxygens (including phenoxy) is 1. The van der Waals surface area contributed by atoms with Crippen molar-refractivity contribution >= 4 is 22.6 Å². The van der Waals surface area contributed by atoms with Gasteiger partial charge in [0.1, 0.15) is 11.0 Å². The number of rotatable bonds is 1. The van der Waals surface area contributed by atoms with Gasteiger partial charge in [-0.1, -0.05) is 11.6 Å². The summed E-state index contributed by atoms with van der Waals surface area (Å²) in [5.74, 6) is 0. The first-order chi connectivity index (χ1) is 7.86. The maximum atomic E-state index is 6.17. The van der Waals surface area contributed by atoms with Gasteiger partial charge >= 0.3 is 0 Å². The lowest BCUT2D eigenvalue weighted by molar-refractivity contribution is -0.0366. The molecule has 1 saturated heterocycles. The SMILES string of the molecule is Clc1ccnc2cnn(C3CCCCO3)c12. The van der Waals surface area contributed by atoms with Crippen molar-refractivity contribution in [3.63, 3.8) is 0 Å². The fraction of sp³-hybridized carbons (Fsp3) is 0.455. The third-order valence-electron chi connectivity index (χ3n) is 2.87. The smallest absolute Gasteiger partial charge is 0.150 e. The monoisotopic (exact) mass is 237 g/mol. The average molecular weight is 238 g/mol. The number of halogens is 1. The summed E-state index contributed by atoms with van der Waals surface area (Å²) in [7, 11) is 0. The van der Waals surface area contributed by atoms with Crippen molar-refractivity contribution in [2.24, 2.45) is 0 Å². The molecule has 2 aromatic rings. The number of hydrogen-bond donors (Lipinski definition) is 0. The molecule has 2 aromatic heterocycles. The molecule has 0 aliphatic carbocycles. The first kappa shape index (κ1) is 10.1. The van der Waals surface area contributed by atoms with Crippen LogP contribution in [-0.4, -0.2) is 21.4 Å². The minimum Gasteiger partial charge on any atom is -0.356 e. The van der Waals surface area contributed by atoms with Gasteiger partial charge in [0.15, 0.2) is 6.23 Å². The molecule has 1 unspecified atom stereocenters. The molecule has 3 rings (SSSR count). The summed E-state index contributed by atoms with van der Waals surface area (Å²) in [6.07, 6.45) is 6.72. The Labute approximate surface area is 98.2 Å². The van der Waals surface area contributed by atoms with Gasteiger partial charge in [-0.2, -0.15) is 5.10 Å². The van der Waals surface area contributed by atoms with Crippen LogP contribution in [0, 0.1) is 0 Å². The quantitative estimate of drug-likeness (QED) is 0.766. The highest BCUT2D eigenvalue weighted by atomic mass is 35.5. The lowest BCUT2D eigenvalue weighted by Crippen LogP contribution is -2.19. The molecule has 0 N–H and O–H groups in total. The third-order valence-corrected chi connectivity index (χ3v) is 3.17. The van der Waals surface area contributed by atoms with Crippen LogP contribution >= 0.6 is 11.6 Å². The third kappa shape index (κ3) is 1.58. The minimum absolute atomic E-state index is 0.00736. The van der Waals surface area contributed by atoms with Crippen LogP contribution in [0.5, 0.6) is 0 Å². The second-order valence-electron chi connectivity index (χ2n) is 3.94. The molecule has 5 heteroatoms. The summed E-state index contributed by atoms with van der Waals surface area (Å²) in [6, 6.07) is 1.78. The van der Waals surface area contributed by atoms with Crippen LogP contribution in [0.4, 0.5) is 0 Å². The highest BCUT2D eigenvalue weighted by molar-refractivity contribution is 6.34. The van der Waals surface area contributed by atoms with E-state index in [0.29, 0.717) is 5.02 Å². The van der Waals surface area contributed by atoms with E-state index in [1.165, 1.54) is 6.42 Å². The molecule has 0 saturated carbocycles. The Morgan fingerprint density at radius 3 is 3.19 bits per heavy atom. The molecule has 1 aliphatic rings. The van der Waals surface area contributed by atoms with Crippen LogP contribution in [0.2, 0.25) is 5.02 Å². The van der Waals surface area contributed by atoms with E-state index in [9.17, 15) is 0 Å². The van der Waals surface area contributed by atoms with Crippen LogP contribution in [0.3, 0.4) is 0 Å². The Hall–Kier alpha value is -1.13. The molecule has 1 fully saturated rings. The molecule has 1 atom stereocenters. The summed E-state index contributed by atoms with van der Waals surface area (Å²) in [5.41, 5.74) is 1.69. The maximum absolute atomic E-state index is 6.17. The first-order valence-electron chi connectivity index (χ1n) is 5.45. The molecule has 0 amide bonds. The van der Waals surface area contributed by atoms with E-state index in [4.69, 9.17) is 16.3 Å². The maximum Gasteiger partial charge on any atom is 0.150 e. The van der Waals surface area contributed by atoms with Crippen molar-refractivity contribution in [3.8, 4) is 0 Å². The van der Waals surface area contributed by atoms with E-state index in [1.807, 2.05) is 4.68 Å². The second-order valence-corrected chi connectivity index (χ2v) is 4.34. The summed E-state index contributed by atoms with van der Waals surface area (Å²) >= 11 is 6.17. The minimum atomic E-state index is 0.00736. The Kier molecular flexibility index (Phi) is 2.53. The summed E-state index contributed by atoms with van der Waals surface area (Å²) in [5, 5.41) is 5.00. The van der Waals surface area contributed by atoms with Gasteiger partial charge in [0.25, 0.3) is 0 Å². The van der Waals surface area contributed by atoms with Gasteiger partial charge in [0.2, 0.25) is 0 Å². The Morgan fingerprint density at radius 2 is 2.38 bits per heavy atom. The van der Waals surface area contributed by atoms with Crippen molar-refractivity contribution in [2.45, 2.75) is 25.5 Å². The van der Waals surface area contributed by atoms with Crippen molar-refractivity contribution in [3.05, 3.63) is 23.5 Å². The molecule has 0 radical (unpaired) electrons. The molecule has 1 aliphatic heterocycles. The lowest BCUT2D eigenvalue weighted by atomic mass is 10.2. The summed E-state index contributed by atoms with van der Waals surface area (Å²) in [4.78, 5) is 4.23. The van der Waals surface area contributed by atoms with E-state index in [1.54, 1.807) is 18.5 Å². The molecular formula is C11H12ClN3O. The number of fused-ring (bicyclic) bond motifs is 1. The molecular weight excluding hydrogens is 226 g/mol. The number of nitrogens with zero attached hydrogens (tertiary/aromatic N) is 3. The molecule has 16 heavy (non-hydrogen) atoms. The van der Waals surface area contributed by atoms with Gasteiger partial charge in [-0.15, -0.1) is 0 Å². The van der Waals surface area contributed by atoms with Gasteiger partial charge in [-0.25, -0.2) is 4.68 Å². The second kappa shape index (κ2) is 4.03. The van der Waals surface area contributed by atoms with Gasteiger partial charge in [0, 0.05) is 12.8 Å². The van der Waals surface area contributed by atoms with Crippen LogP contribution in [-0.2, 0) is 4.74 Å². The lowest BCUT2D eigenvalue weighted by Gasteiger charge is -2.23. The normalized spacial score (nSPS) is 21.4. The average Bonchev–Trinajstić information content (AvgIpc) is 2.75. The van der Waals surface area contributed by atoms with Crippen LogP contribution in [0.1, 0.15) is 25.5 Å². The fourth-order valence-corrected chi connectivity index (χ4v) is 2.32. The molecule has 84 valence electrons. The Balaban J connectivity index is 2.09. The van der Waals surface area contributed by atoms with Crippen molar-refractivity contribution < 1.29 is 4.74 Å². The highest BCUT2D eigenvalue weighted by Crippen LogP contribution is 2.28. The van der Waals surface area contributed by atoms with Crippen LogP contribution < -0.4 is 0 Å². The number of hydrogen-bond acceptors (Lipinski definition) is 3. The topological polar surface area (TPSA) is 39.9 Å². The van der Waals surface area contributed by atoms with E-state index in [-0.39, 0.29) is 6.23 Å². The standard InChI is InChI=1S/C11H12ClN3O/c12-8-4-5-13-9-7-14-15(11(8)9)10-3-1-2-6-16-10/h4-5,7,10H,1-3,6H2. The molecule has 3 heterocycles. The van der Waals surface area contributed by atoms with Crippen LogP contribution in [0.15, 0.2) is 18.5 Å². The molecule has 0 aromatic carbocycles. The number of pyridine rings is 1.